The van der Waals surface area contributed by atoms with Gasteiger partial charge in [-0.25, -0.2) is 10.7 Å². The van der Waals surface area contributed by atoms with Crippen molar-refractivity contribution in [3.8, 4) is 11.3 Å². The minimum Gasteiger partial charge on any atom is -0.312 e. The van der Waals surface area contributed by atoms with Gasteiger partial charge in [0.25, 0.3) is 0 Å². The number of hydrogen-bond acceptors (Lipinski definition) is 3. The molecule has 0 aliphatic heterocycles. The van der Waals surface area contributed by atoms with Crippen LogP contribution in [0.1, 0.15) is 5.56 Å². The summed E-state index contributed by atoms with van der Waals surface area (Å²) in [7, 11) is 0. The highest BCUT2D eigenvalue weighted by Crippen LogP contribution is 2.16. The van der Waals surface area contributed by atoms with Crippen molar-refractivity contribution in [1.29, 1.82) is 0 Å². The third-order valence-electron chi connectivity index (χ3n) is 2.34. The molecular weight excluding hydrogens is 206 g/mol. The third kappa shape index (κ3) is 2.39. The molecule has 0 saturated heterocycles. The molecule has 0 aliphatic rings. The van der Waals surface area contributed by atoms with Crippen LogP contribution in [0.5, 0.6) is 0 Å². The van der Waals surface area contributed by atoms with E-state index in [1.807, 2.05) is 24.3 Å². The largest absolute Gasteiger partial charge is 0.323 e. The molecule has 2 rings (SSSR count). The molecule has 0 atom stereocenters. The van der Waals surface area contributed by atoms with E-state index in [1.54, 1.807) is 6.20 Å². The molecule has 2 aromatic rings. The van der Waals surface area contributed by atoms with Crippen LogP contribution in [0.15, 0.2) is 35.3 Å². The van der Waals surface area contributed by atoms with Gasteiger partial charge in [0.2, 0.25) is 0 Å². The highest BCUT2D eigenvalue weighted by molar-refractivity contribution is 5.58. The summed E-state index contributed by atoms with van der Waals surface area (Å²) >= 11 is 0. The van der Waals surface area contributed by atoms with Gasteiger partial charge in [0, 0.05) is 6.20 Å². The first-order valence-corrected chi connectivity index (χ1v) is 4.98. The Morgan fingerprint density at radius 3 is 2.94 bits per heavy atom. The fourth-order valence-electron chi connectivity index (χ4n) is 1.56. The molecular formula is C11H13N3O2. The van der Waals surface area contributed by atoms with E-state index in [9.17, 15) is 4.79 Å². The molecule has 16 heavy (non-hydrogen) atoms. The first kappa shape index (κ1) is 10.7. The SMILES string of the molecule is NOCCc1cccc(-c2c[nH]c(=O)[nH]2)c1. The lowest BCUT2D eigenvalue weighted by Gasteiger charge is -2.02. The molecule has 0 fully saturated rings. The number of imidazole rings is 1. The summed E-state index contributed by atoms with van der Waals surface area (Å²) in [6, 6.07) is 7.86. The monoisotopic (exact) mass is 219 g/mol. The lowest BCUT2D eigenvalue weighted by molar-refractivity contribution is 0.141. The van der Waals surface area contributed by atoms with Crippen LogP contribution in [-0.2, 0) is 11.3 Å². The first-order chi connectivity index (χ1) is 7.79. The van der Waals surface area contributed by atoms with Crippen molar-refractivity contribution in [2.45, 2.75) is 6.42 Å². The van der Waals surface area contributed by atoms with E-state index >= 15 is 0 Å². The van der Waals surface area contributed by atoms with E-state index in [-0.39, 0.29) is 5.69 Å². The summed E-state index contributed by atoms with van der Waals surface area (Å²) in [4.78, 5) is 20.8. The molecule has 1 aromatic heterocycles. The van der Waals surface area contributed by atoms with Gasteiger partial charge >= 0.3 is 5.69 Å². The van der Waals surface area contributed by atoms with Gasteiger partial charge in [-0.2, -0.15) is 0 Å². The zero-order chi connectivity index (χ0) is 11.4. The van der Waals surface area contributed by atoms with E-state index in [1.165, 1.54) is 0 Å². The van der Waals surface area contributed by atoms with Crippen LogP contribution in [-0.4, -0.2) is 16.6 Å². The molecule has 84 valence electrons. The van der Waals surface area contributed by atoms with Crippen LogP contribution in [0.3, 0.4) is 0 Å². The minimum atomic E-state index is -0.203. The third-order valence-corrected chi connectivity index (χ3v) is 2.34. The lowest BCUT2D eigenvalue weighted by atomic mass is 10.1. The number of benzene rings is 1. The highest BCUT2D eigenvalue weighted by atomic mass is 16.6. The van der Waals surface area contributed by atoms with E-state index in [0.29, 0.717) is 6.61 Å². The maximum atomic E-state index is 11.0. The highest BCUT2D eigenvalue weighted by Gasteiger charge is 2.01. The van der Waals surface area contributed by atoms with Gasteiger partial charge < -0.3 is 14.8 Å². The van der Waals surface area contributed by atoms with Crippen LogP contribution in [0.4, 0.5) is 0 Å². The predicted octanol–water partition coefficient (Wildman–Crippen LogP) is 0.803. The van der Waals surface area contributed by atoms with Crippen molar-refractivity contribution in [3.05, 3.63) is 46.5 Å². The van der Waals surface area contributed by atoms with E-state index in [0.717, 1.165) is 23.2 Å². The number of nitrogens with one attached hydrogen (secondary N) is 2. The smallest absolute Gasteiger partial charge is 0.312 e. The fraction of sp³-hybridized carbons (Fsp3) is 0.182. The van der Waals surface area contributed by atoms with Crippen molar-refractivity contribution < 1.29 is 4.84 Å². The summed E-state index contributed by atoms with van der Waals surface area (Å²) in [6.07, 6.45) is 2.40. The molecule has 5 heteroatoms. The number of aromatic nitrogens is 2. The Balaban J connectivity index is 2.25. The van der Waals surface area contributed by atoms with Gasteiger partial charge in [-0.15, -0.1) is 0 Å². The number of H-pyrrole nitrogens is 2. The van der Waals surface area contributed by atoms with Crippen molar-refractivity contribution >= 4 is 0 Å². The van der Waals surface area contributed by atoms with Crippen LogP contribution >= 0.6 is 0 Å². The Morgan fingerprint density at radius 2 is 2.25 bits per heavy atom. The van der Waals surface area contributed by atoms with Gasteiger partial charge in [-0.1, -0.05) is 18.2 Å². The molecule has 1 heterocycles. The van der Waals surface area contributed by atoms with Gasteiger partial charge in [-0.3, -0.25) is 0 Å². The van der Waals surface area contributed by atoms with E-state index < -0.39 is 0 Å². The molecule has 5 nitrogen and oxygen atoms in total. The molecule has 0 spiro atoms. The second kappa shape index (κ2) is 4.78. The predicted molar refractivity (Wildman–Crippen MR) is 60.7 cm³/mol. The quantitative estimate of drug-likeness (QED) is 0.665. The Hall–Kier alpha value is -1.85. The second-order valence-electron chi connectivity index (χ2n) is 3.48. The molecule has 0 bridgehead atoms. The van der Waals surface area contributed by atoms with E-state index in [4.69, 9.17) is 5.90 Å². The van der Waals surface area contributed by atoms with Crippen LogP contribution in [0.2, 0.25) is 0 Å². The first-order valence-electron chi connectivity index (χ1n) is 4.98. The van der Waals surface area contributed by atoms with Crippen molar-refractivity contribution in [2.24, 2.45) is 5.90 Å². The minimum absolute atomic E-state index is 0.203. The Bertz CT molecular complexity index is 516. The van der Waals surface area contributed by atoms with Gasteiger partial charge in [0.15, 0.2) is 0 Å². The Kier molecular flexibility index (Phi) is 3.19. The van der Waals surface area contributed by atoms with Crippen molar-refractivity contribution in [1.82, 2.24) is 9.97 Å². The normalized spacial score (nSPS) is 10.6. The van der Waals surface area contributed by atoms with Crippen LogP contribution < -0.4 is 11.6 Å². The van der Waals surface area contributed by atoms with E-state index in [2.05, 4.69) is 14.8 Å². The summed E-state index contributed by atoms with van der Waals surface area (Å²) in [5, 5.41) is 0. The summed E-state index contributed by atoms with van der Waals surface area (Å²) in [5.41, 5.74) is 2.66. The average molecular weight is 219 g/mol. The zero-order valence-electron chi connectivity index (χ0n) is 8.69. The van der Waals surface area contributed by atoms with Crippen molar-refractivity contribution in [2.75, 3.05) is 6.61 Å². The zero-order valence-corrected chi connectivity index (χ0v) is 8.69. The average Bonchev–Trinajstić information content (AvgIpc) is 2.74. The van der Waals surface area contributed by atoms with Gasteiger partial charge in [0.1, 0.15) is 0 Å². The molecule has 0 aliphatic carbocycles. The van der Waals surface area contributed by atoms with Crippen LogP contribution in [0, 0.1) is 0 Å². The summed E-state index contributed by atoms with van der Waals surface area (Å²) < 4.78 is 0. The molecule has 0 saturated carbocycles. The van der Waals surface area contributed by atoms with Gasteiger partial charge in [-0.05, 0) is 23.6 Å². The molecule has 0 radical (unpaired) electrons. The summed E-state index contributed by atoms with van der Waals surface area (Å²) in [5.74, 6) is 4.98. The Morgan fingerprint density at radius 1 is 1.38 bits per heavy atom. The van der Waals surface area contributed by atoms with Crippen molar-refractivity contribution in [3.63, 3.8) is 0 Å². The topological polar surface area (TPSA) is 83.9 Å². The van der Waals surface area contributed by atoms with Crippen LogP contribution in [0.25, 0.3) is 11.3 Å². The molecule has 4 N–H and O–H groups in total. The fourth-order valence-corrected chi connectivity index (χ4v) is 1.56. The molecule has 0 unspecified atom stereocenters. The lowest BCUT2D eigenvalue weighted by Crippen LogP contribution is -2.03. The van der Waals surface area contributed by atoms with Gasteiger partial charge in [0.05, 0.1) is 12.3 Å². The maximum absolute atomic E-state index is 11.0. The number of nitrogens with two attached hydrogens (primary N) is 1. The molecule has 1 aromatic carbocycles. The number of rotatable bonds is 4. The second-order valence-corrected chi connectivity index (χ2v) is 3.48. The Labute approximate surface area is 92.2 Å². The standard InChI is InChI=1S/C11H13N3O2/c12-16-5-4-8-2-1-3-9(6-8)10-7-13-11(15)14-10/h1-3,6-7H,4-5,12H2,(H2,13,14,15). The summed E-state index contributed by atoms with van der Waals surface area (Å²) in [6.45, 7) is 0.479. The number of hydrogen-bond donors (Lipinski definition) is 3. The maximum Gasteiger partial charge on any atom is 0.323 e. The molecule has 0 amide bonds. The number of aromatic amines is 2.